The summed E-state index contributed by atoms with van der Waals surface area (Å²) in [6.45, 7) is 1.83. The van der Waals surface area contributed by atoms with Gasteiger partial charge in [0, 0.05) is 12.0 Å². The molecule has 1 unspecified atom stereocenters. The van der Waals surface area contributed by atoms with Crippen molar-refractivity contribution < 1.29 is 9.53 Å². The van der Waals surface area contributed by atoms with Crippen molar-refractivity contribution in [3.63, 3.8) is 0 Å². The van der Waals surface area contributed by atoms with Gasteiger partial charge in [0.1, 0.15) is 5.76 Å². The van der Waals surface area contributed by atoms with E-state index in [0.29, 0.717) is 5.92 Å². The molecule has 0 spiro atoms. The van der Waals surface area contributed by atoms with Crippen molar-refractivity contribution in [2.75, 3.05) is 0 Å². The Morgan fingerprint density at radius 1 is 1.31 bits per heavy atom. The van der Waals surface area contributed by atoms with Gasteiger partial charge in [-0.05, 0) is 19.8 Å². The molecular weight excluding hydrogens is 164 g/mol. The second-order valence-electron chi connectivity index (χ2n) is 4.04. The summed E-state index contributed by atoms with van der Waals surface area (Å²) in [6.07, 6.45) is 7.80. The minimum absolute atomic E-state index is 0.139. The summed E-state index contributed by atoms with van der Waals surface area (Å²) in [5, 5.41) is 0. The summed E-state index contributed by atoms with van der Waals surface area (Å²) >= 11 is 0. The van der Waals surface area contributed by atoms with E-state index < -0.39 is 0 Å². The number of hydrogen-bond acceptors (Lipinski definition) is 2. The molecule has 0 amide bonds. The van der Waals surface area contributed by atoms with Crippen LogP contribution in [-0.4, -0.2) is 11.9 Å². The number of ketones is 1. The molecule has 0 aromatic carbocycles. The van der Waals surface area contributed by atoms with Crippen LogP contribution in [0.15, 0.2) is 11.8 Å². The summed E-state index contributed by atoms with van der Waals surface area (Å²) in [4.78, 5) is 11.2. The van der Waals surface area contributed by atoms with E-state index in [4.69, 9.17) is 4.74 Å². The fraction of sp³-hybridized carbons (Fsp3) is 0.727. The van der Waals surface area contributed by atoms with Gasteiger partial charge in [-0.1, -0.05) is 19.3 Å². The Labute approximate surface area is 79.0 Å². The lowest BCUT2D eigenvalue weighted by Gasteiger charge is -2.22. The number of ether oxygens (including phenoxy) is 1. The summed E-state index contributed by atoms with van der Waals surface area (Å²) in [5.41, 5.74) is 0. The van der Waals surface area contributed by atoms with Crippen molar-refractivity contribution >= 4 is 5.78 Å². The summed E-state index contributed by atoms with van der Waals surface area (Å²) in [7, 11) is 0. The van der Waals surface area contributed by atoms with Gasteiger partial charge in [0.15, 0.2) is 11.9 Å². The van der Waals surface area contributed by atoms with Crippen LogP contribution in [0.1, 0.15) is 39.0 Å². The van der Waals surface area contributed by atoms with Crippen molar-refractivity contribution in [1.29, 1.82) is 0 Å². The zero-order valence-corrected chi connectivity index (χ0v) is 8.08. The van der Waals surface area contributed by atoms with Crippen molar-refractivity contribution in [1.82, 2.24) is 0 Å². The molecular formula is C11H16O2. The smallest absolute Gasteiger partial charge is 0.199 e. The predicted octanol–water partition coefficient (Wildman–Crippen LogP) is 2.44. The molecule has 1 fully saturated rings. The second-order valence-corrected chi connectivity index (χ2v) is 4.04. The molecule has 1 atom stereocenters. The van der Waals surface area contributed by atoms with Gasteiger partial charge < -0.3 is 4.74 Å². The summed E-state index contributed by atoms with van der Waals surface area (Å²) in [6, 6.07) is 0. The normalized spacial score (nSPS) is 30.1. The number of hydrogen-bond donors (Lipinski definition) is 0. The monoisotopic (exact) mass is 180 g/mol. The Hall–Kier alpha value is -0.790. The first kappa shape index (κ1) is 8.79. The molecule has 2 nitrogen and oxygen atoms in total. The standard InChI is InChI=1S/C11H16O2/c1-8-10(12)7-11(13-8)9-5-3-2-4-6-9/h7-9H,2-6H2,1H3. The molecule has 0 N–H and O–H groups in total. The molecule has 2 rings (SSSR count). The SMILES string of the molecule is CC1OC(C2CCCCC2)=CC1=O. The molecule has 1 aliphatic carbocycles. The van der Waals surface area contributed by atoms with Crippen LogP contribution in [0, 0.1) is 5.92 Å². The van der Waals surface area contributed by atoms with Gasteiger partial charge in [-0.15, -0.1) is 0 Å². The highest BCUT2D eigenvalue weighted by atomic mass is 16.5. The quantitative estimate of drug-likeness (QED) is 0.619. The Morgan fingerprint density at radius 3 is 2.54 bits per heavy atom. The van der Waals surface area contributed by atoms with Crippen molar-refractivity contribution in [3.05, 3.63) is 11.8 Å². The van der Waals surface area contributed by atoms with Gasteiger partial charge in [0.25, 0.3) is 0 Å². The fourth-order valence-corrected chi connectivity index (χ4v) is 2.15. The Bertz CT molecular complexity index is 236. The van der Waals surface area contributed by atoms with Crippen LogP contribution in [0.3, 0.4) is 0 Å². The fourth-order valence-electron chi connectivity index (χ4n) is 2.15. The Kier molecular flexibility index (Phi) is 2.38. The lowest BCUT2D eigenvalue weighted by atomic mass is 9.88. The average molecular weight is 180 g/mol. The van der Waals surface area contributed by atoms with Gasteiger partial charge >= 0.3 is 0 Å². The third-order valence-corrected chi connectivity index (χ3v) is 3.01. The van der Waals surface area contributed by atoms with Crippen LogP contribution in [0.25, 0.3) is 0 Å². The molecule has 2 heteroatoms. The molecule has 0 saturated heterocycles. The van der Waals surface area contributed by atoms with Crippen molar-refractivity contribution in [3.8, 4) is 0 Å². The van der Waals surface area contributed by atoms with Gasteiger partial charge in [-0.3, -0.25) is 4.79 Å². The van der Waals surface area contributed by atoms with E-state index in [1.165, 1.54) is 32.1 Å². The van der Waals surface area contributed by atoms with Crippen LogP contribution in [0.5, 0.6) is 0 Å². The highest BCUT2D eigenvalue weighted by molar-refractivity contribution is 5.95. The molecule has 13 heavy (non-hydrogen) atoms. The maximum atomic E-state index is 11.2. The van der Waals surface area contributed by atoms with Crippen LogP contribution in [-0.2, 0) is 9.53 Å². The molecule has 0 aromatic rings. The van der Waals surface area contributed by atoms with Gasteiger partial charge in [0.05, 0.1) is 0 Å². The highest BCUT2D eigenvalue weighted by Gasteiger charge is 2.28. The van der Waals surface area contributed by atoms with Crippen LogP contribution in [0.2, 0.25) is 0 Å². The van der Waals surface area contributed by atoms with E-state index in [-0.39, 0.29) is 11.9 Å². The van der Waals surface area contributed by atoms with E-state index in [2.05, 4.69) is 0 Å². The predicted molar refractivity (Wildman–Crippen MR) is 50.2 cm³/mol. The van der Waals surface area contributed by atoms with Crippen molar-refractivity contribution in [2.45, 2.75) is 45.1 Å². The van der Waals surface area contributed by atoms with E-state index in [1.807, 2.05) is 6.92 Å². The molecule has 1 heterocycles. The molecule has 0 bridgehead atoms. The van der Waals surface area contributed by atoms with Gasteiger partial charge in [0.2, 0.25) is 0 Å². The number of carbonyl (C=O) groups is 1. The van der Waals surface area contributed by atoms with E-state index in [1.54, 1.807) is 6.08 Å². The minimum Gasteiger partial charge on any atom is -0.487 e. The topological polar surface area (TPSA) is 26.3 Å². The molecule has 1 aliphatic heterocycles. The minimum atomic E-state index is -0.225. The van der Waals surface area contributed by atoms with Crippen LogP contribution in [0.4, 0.5) is 0 Å². The Balaban J connectivity index is 2.01. The van der Waals surface area contributed by atoms with Crippen LogP contribution >= 0.6 is 0 Å². The molecule has 0 radical (unpaired) electrons. The summed E-state index contributed by atoms with van der Waals surface area (Å²) in [5.74, 6) is 1.63. The largest absolute Gasteiger partial charge is 0.487 e. The first-order valence-corrected chi connectivity index (χ1v) is 5.19. The van der Waals surface area contributed by atoms with E-state index in [9.17, 15) is 4.79 Å². The van der Waals surface area contributed by atoms with Crippen molar-refractivity contribution in [2.24, 2.45) is 5.92 Å². The summed E-state index contributed by atoms with van der Waals surface area (Å²) < 4.78 is 5.52. The Morgan fingerprint density at radius 2 is 2.00 bits per heavy atom. The highest BCUT2D eigenvalue weighted by Crippen LogP contribution is 2.33. The molecule has 1 saturated carbocycles. The lowest BCUT2D eigenvalue weighted by Crippen LogP contribution is -2.13. The van der Waals surface area contributed by atoms with Gasteiger partial charge in [-0.2, -0.15) is 0 Å². The molecule has 72 valence electrons. The number of rotatable bonds is 1. The third kappa shape index (κ3) is 1.77. The van der Waals surface area contributed by atoms with Crippen LogP contribution < -0.4 is 0 Å². The first-order chi connectivity index (χ1) is 6.27. The second kappa shape index (κ2) is 3.52. The van der Waals surface area contributed by atoms with E-state index >= 15 is 0 Å². The maximum absolute atomic E-state index is 11.2. The first-order valence-electron chi connectivity index (χ1n) is 5.19. The number of allylic oxidation sites excluding steroid dienone is 1. The van der Waals surface area contributed by atoms with E-state index in [0.717, 1.165) is 5.76 Å². The molecule has 2 aliphatic rings. The zero-order chi connectivity index (χ0) is 9.26. The van der Waals surface area contributed by atoms with Gasteiger partial charge in [-0.25, -0.2) is 0 Å². The zero-order valence-electron chi connectivity index (χ0n) is 8.08. The third-order valence-electron chi connectivity index (χ3n) is 3.01. The maximum Gasteiger partial charge on any atom is 0.199 e. The number of carbonyl (C=O) groups excluding carboxylic acids is 1. The average Bonchev–Trinajstić information content (AvgIpc) is 2.49. The lowest BCUT2D eigenvalue weighted by molar-refractivity contribution is -0.120. The molecule has 0 aromatic heterocycles.